The molecule has 1 fully saturated rings. The predicted octanol–water partition coefficient (Wildman–Crippen LogP) is 3.41. The lowest BCUT2D eigenvalue weighted by atomic mass is 10.1. The fourth-order valence-electron chi connectivity index (χ4n) is 3.26. The second-order valence-corrected chi connectivity index (χ2v) is 6.70. The van der Waals surface area contributed by atoms with Crippen molar-refractivity contribution in [1.82, 2.24) is 9.88 Å². The molecule has 132 valence electrons. The topological polar surface area (TPSA) is 59.5 Å². The Morgan fingerprint density at radius 3 is 2.52 bits per heavy atom. The van der Waals surface area contributed by atoms with Crippen molar-refractivity contribution in [2.24, 2.45) is 0 Å². The molecule has 0 unspecified atom stereocenters. The van der Waals surface area contributed by atoms with E-state index in [0.717, 1.165) is 60.9 Å². The third kappa shape index (κ3) is 4.16. The number of esters is 1. The van der Waals surface area contributed by atoms with Crippen molar-refractivity contribution in [1.29, 1.82) is 0 Å². The molecule has 5 nitrogen and oxygen atoms in total. The van der Waals surface area contributed by atoms with Gasteiger partial charge in [-0.15, -0.1) is 0 Å². The van der Waals surface area contributed by atoms with Gasteiger partial charge < -0.3 is 9.64 Å². The first-order valence-corrected chi connectivity index (χ1v) is 8.87. The molecule has 1 saturated heterocycles. The van der Waals surface area contributed by atoms with Crippen LogP contribution in [-0.4, -0.2) is 41.5 Å². The number of fused-ring (bicyclic) bond motifs is 1. The Morgan fingerprint density at radius 2 is 1.80 bits per heavy atom. The van der Waals surface area contributed by atoms with E-state index in [4.69, 9.17) is 4.74 Å². The summed E-state index contributed by atoms with van der Waals surface area (Å²) in [5.41, 5.74) is 3.03. The average molecular weight is 340 g/mol. The number of aromatic nitrogens is 1. The van der Waals surface area contributed by atoms with Gasteiger partial charge in [0.05, 0.1) is 11.1 Å². The van der Waals surface area contributed by atoms with Crippen molar-refractivity contribution >= 4 is 22.8 Å². The van der Waals surface area contributed by atoms with Crippen molar-refractivity contribution < 1.29 is 14.3 Å². The molecule has 1 aromatic heterocycles. The van der Waals surface area contributed by atoms with Gasteiger partial charge in [-0.2, -0.15) is 0 Å². The number of benzene rings is 1. The Morgan fingerprint density at radius 1 is 1.08 bits per heavy atom. The molecule has 1 aliphatic rings. The Balaban J connectivity index is 1.74. The third-order valence-electron chi connectivity index (χ3n) is 4.60. The summed E-state index contributed by atoms with van der Waals surface area (Å²) in [7, 11) is 0. The standard InChI is InChI=1S/C20H24N2O3/c1-14-7-8-18-16(11-14)17(12-15(2)21-18)20(24)25-13-19(23)22-9-5-3-4-6-10-22/h7-8,11-12H,3-6,9-10,13H2,1-2H3. The number of carbonyl (C=O) groups is 2. The monoisotopic (exact) mass is 340 g/mol. The highest BCUT2D eigenvalue weighted by molar-refractivity contribution is 6.04. The minimum Gasteiger partial charge on any atom is -0.452 e. The average Bonchev–Trinajstić information content (AvgIpc) is 2.88. The van der Waals surface area contributed by atoms with E-state index in [1.807, 2.05) is 32.0 Å². The molecule has 1 aromatic carbocycles. The van der Waals surface area contributed by atoms with E-state index < -0.39 is 5.97 Å². The van der Waals surface area contributed by atoms with Crippen LogP contribution in [0.15, 0.2) is 24.3 Å². The van der Waals surface area contributed by atoms with E-state index in [0.29, 0.717) is 5.56 Å². The molecule has 3 rings (SSSR count). The Hall–Kier alpha value is -2.43. The van der Waals surface area contributed by atoms with Gasteiger partial charge in [0.2, 0.25) is 0 Å². The summed E-state index contributed by atoms with van der Waals surface area (Å²) in [5.74, 6) is -0.578. The molecule has 0 aliphatic carbocycles. The van der Waals surface area contributed by atoms with E-state index >= 15 is 0 Å². The number of hydrogen-bond donors (Lipinski definition) is 0. The molecule has 25 heavy (non-hydrogen) atoms. The molecule has 0 radical (unpaired) electrons. The van der Waals surface area contributed by atoms with Gasteiger partial charge in [0.25, 0.3) is 5.91 Å². The largest absolute Gasteiger partial charge is 0.452 e. The maximum absolute atomic E-state index is 12.6. The van der Waals surface area contributed by atoms with E-state index in [1.54, 1.807) is 11.0 Å². The highest BCUT2D eigenvalue weighted by Gasteiger charge is 2.19. The van der Waals surface area contributed by atoms with Crippen LogP contribution in [-0.2, 0) is 9.53 Å². The molecule has 5 heteroatoms. The predicted molar refractivity (Wildman–Crippen MR) is 96.5 cm³/mol. The number of aryl methyl sites for hydroxylation is 2. The summed E-state index contributed by atoms with van der Waals surface area (Å²) in [6.07, 6.45) is 4.36. The van der Waals surface area contributed by atoms with Crippen LogP contribution in [0.3, 0.4) is 0 Å². The van der Waals surface area contributed by atoms with Gasteiger partial charge in [0.15, 0.2) is 6.61 Å². The summed E-state index contributed by atoms with van der Waals surface area (Å²) < 4.78 is 5.33. The summed E-state index contributed by atoms with van der Waals surface area (Å²) >= 11 is 0. The number of likely N-dealkylation sites (tertiary alicyclic amines) is 1. The molecule has 2 heterocycles. The molecule has 0 N–H and O–H groups in total. The van der Waals surface area contributed by atoms with E-state index in [2.05, 4.69) is 4.98 Å². The first kappa shape index (κ1) is 17.4. The number of hydrogen-bond acceptors (Lipinski definition) is 4. The van der Waals surface area contributed by atoms with Gasteiger partial charge >= 0.3 is 5.97 Å². The van der Waals surface area contributed by atoms with Crippen LogP contribution in [0.1, 0.15) is 47.3 Å². The summed E-state index contributed by atoms with van der Waals surface area (Å²) in [4.78, 5) is 31.1. The number of pyridine rings is 1. The van der Waals surface area contributed by atoms with Crippen molar-refractivity contribution in [3.05, 3.63) is 41.1 Å². The molecule has 0 bridgehead atoms. The number of carbonyl (C=O) groups excluding carboxylic acids is 2. The van der Waals surface area contributed by atoms with E-state index in [1.165, 1.54) is 0 Å². The summed E-state index contributed by atoms with van der Waals surface area (Å²) in [6, 6.07) is 7.51. The van der Waals surface area contributed by atoms with Crippen LogP contribution < -0.4 is 0 Å². The molecule has 2 aromatic rings. The summed E-state index contributed by atoms with van der Waals surface area (Å²) in [6.45, 7) is 5.13. The maximum Gasteiger partial charge on any atom is 0.339 e. The van der Waals surface area contributed by atoms with Crippen LogP contribution in [0.4, 0.5) is 0 Å². The molecule has 1 aliphatic heterocycles. The van der Waals surface area contributed by atoms with Gasteiger partial charge in [0.1, 0.15) is 0 Å². The summed E-state index contributed by atoms with van der Waals surface area (Å²) in [5, 5.41) is 0.762. The molecule has 1 amide bonds. The van der Waals surface area contributed by atoms with E-state index in [-0.39, 0.29) is 12.5 Å². The van der Waals surface area contributed by atoms with Gasteiger partial charge in [0, 0.05) is 24.2 Å². The quantitative estimate of drug-likeness (QED) is 0.804. The lowest BCUT2D eigenvalue weighted by Crippen LogP contribution is -2.35. The first-order chi connectivity index (χ1) is 12.0. The zero-order valence-electron chi connectivity index (χ0n) is 14.9. The first-order valence-electron chi connectivity index (χ1n) is 8.87. The molecular weight excluding hydrogens is 316 g/mol. The normalized spacial score (nSPS) is 15.0. The molecular formula is C20H24N2O3. The van der Waals surface area contributed by atoms with Gasteiger partial charge in [-0.3, -0.25) is 9.78 Å². The van der Waals surface area contributed by atoms with Crippen molar-refractivity contribution in [2.75, 3.05) is 19.7 Å². The van der Waals surface area contributed by atoms with Crippen LogP contribution in [0, 0.1) is 13.8 Å². The number of rotatable bonds is 3. The third-order valence-corrected chi connectivity index (χ3v) is 4.60. The van der Waals surface area contributed by atoms with Crippen LogP contribution in [0.5, 0.6) is 0 Å². The van der Waals surface area contributed by atoms with Crippen molar-refractivity contribution in [3.63, 3.8) is 0 Å². The minimum absolute atomic E-state index is 0.110. The number of ether oxygens (including phenoxy) is 1. The fourth-order valence-corrected chi connectivity index (χ4v) is 3.26. The lowest BCUT2D eigenvalue weighted by Gasteiger charge is -2.20. The second kappa shape index (κ2) is 7.64. The molecule has 0 spiro atoms. The zero-order chi connectivity index (χ0) is 17.8. The van der Waals surface area contributed by atoms with Crippen molar-refractivity contribution in [3.8, 4) is 0 Å². The Kier molecular flexibility index (Phi) is 5.31. The molecule has 0 atom stereocenters. The number of amides is 1. The number of nitrogens with zero attached hydrogens (tertiary/aromatic N) is 2. The van der Waals surface area contributed by atoms with Gasteiger partial charge in [-0.25, -0.2) is 4.79 Å². The van der Waals surface area contributed by atoms with Crippen LogP contribution in [0.25, 0.3) is 10.9 Å². The highest BCUT2D eigenvalue weighted by Crippen LogP contribution is 2.21. The van der Waals surface area contributed by atoms with Crippen LogP contribution in [0.2, 0.25) is 0 Å². The Labute approximate surface area is 148 Å². The maximum atomic E-state index is 12.6. The van der Waals surface area contributed by atoms with E-state index in [9.17, 15) is 9.59 Å². The lowest BCUT2D eigenvalue weighted by molar-refractivity contribution is -0.134. The zero-order valence-corrected chi connectivity index (χ0v) is 14.9. The Bertz CT molecular complexity index is 793. The second-order valence-electron chi connectivity index (χ2n) is 6.70. The minimum atomic E-state index is -0.468. The van der Waals surface area contributed by atoms with Gasteiger partial charge in [-0.05, 0) is 44.9 Å². The SMILES string of the molecule is Cc1ccc2nc(C)cc(C(=O)OCC(=O)N3CCCCCC3)c2c1. The molecule has 0 saturated carbocycles. The van der Waals surface area contributed by atoms with Crippen LogP contribution >= 0.6 is 0 Å². The fraction of sp³-hybridized carbons (Fsp3) is 0.450. The smallest absolute Gasteiger partial charge is 0.339 e. The van der Waals surface area contributed by atoms with Crippen molar-refractivity contribution in [2.45, 2.75) is 39.5 Å². The highest BCUT2D eigenvalue weighted by atomic mass is 16.5. The van der Waals surface area contributed by atoms with Gasteiger partial charge in [-0.1, -0.05) is 24.5 Å².